The molecule has 1 aromatic carbocycles. The molecule has 3 amide bonds. The summed E-state index contributed by atoms with van der Waals surface area (Å²) in [4.78, 5) is 56.9. The van der Waals surface area contributed by atoms with Crippen molar-refractivity contribution in [1.82, 2.24) is 25.1 Å². The van der Waals surface area contributed by atoms with E-state index in [9.17, 15) is 14.4 Å². The Labute approximate surface area is 321 Å². The Balaban J connectivity index is 1.12. The Morgan fingerprint density at radius 1 is 1.07 bits per heavy atom. The van der Waals surface area contributed by atoms with E-state index in [0.717, 1.165) is 83.2 Å². The normalized spacial score (nSPS) is 18.2. The maximum atomic E-state index is 13.4. The van der Waals surface area contributed by atoms with Gasteiger partial charge in [0, 0.05) is 57.3 Å². The number of fused-ring (bicyclic) bond motifs is 1. The van der Waals surface area contributed by atoms with E-state index in [1.165, 1.54) is 0 Å². The van der Waals surface area contributed by atoms with Crippen molar-refractivity contribution in [3.8, 4) is 18.1 Å². The first kappa shape index (κ1) is 40.6. The molecule has 2 aromatic rings. The lowest BCUT2D eigenvalue weighted by atomic mass is 10.0. The summed E-state index contributed by atoms with van der Waals surface area (Å²) in [7, 11) is 3.37. The summed E-state index contributed by atoms with van der Waals surface area (Å²) >= 11 is 0. The van der Waals surface area contributed by atoms with Crippen LogP contribution in [0.5, 0.6) is 5.75 Å². The highest BCUT2D eigenvalue weighted by Crippen LogP contribution is 2.40. The molecule has 13 nitrogen and oxygen atoms in total. The van der Waals surface area contributed by atoms with Gasteiger partial charge in [-0.1, -0.05) is 19.8 Å². The van der Waals surface area contributed by atoms with Crippen molar-refractivity contribution in [2.45, 2.75) is 122 Å². The van der Waals surface area contributed by atoms with E-state index < -0.39 is 5.60 Å². The van der Waals surface area contributed by atoms with E-state index in [1.807, 2.05) is 33.8 Å². The zero-order valence-corrected chi connectivity index (χ0v) is 33.2. The van der Waals surface area contributed by atoms with Gasteiger partial charge in [-0.2, -0.15) is 4.98 Å². The molecular formula is C41H60N8O5. The third-order valence-electron chi connectivity index (χ3n) is 10.6. The van der Waals surface area contributed by atoms with Crippen LogP contribution in [0.4, 0.5) is 27.9 Å². The van der Waals surface area contributed by atoms with Crippen LogP contribution in [-0.4, -0.2) is 108 Å². The van der Waals surface area contributed by atoms with Gasteiger partial charge in [0.2, 0.25) is 11.9 Å². The second kappa shape index (κ2) is 18.7. The van der Waals surface area contributed by atoms with Crippen LogP contribution in [0, 0.1) is 12.3 Å². The molecule has 1 saturated heterocycles. The number of unbranched alkanes of at least 4 members (excludes halogenated alkanes) is 2. The number of piperidine rings is 1. The van der Waals surface area contributed by atoms with Crippen molar-refractivity contribution in [3.05, 3.63) is 30.0 Å². The summed E-state index contributed by atoms with van der Waals surface area (Å²) in [5.41, 5.74) is 1.33. The molecule has 0 spiro atoms. The minimum Gasteiger partial charge on any atom is -0.495 e. The Hall–Kier alpha value is -4.57. The van der Waals surface area contributed by atoms with Gasteiger partial charge in [0.1, 0.15) is 23.1 Å². The van der Waals surface area contributed by atoms with E-state index in [4.69, 9.17) is 20.9 Å². The molecule has 2 N–H and O–H groups in total. The molecule has 54 heavy (non-hydrogen) atoms. The Kier molecular flexibility index (Phi) is 14.0. The molecule has 3 aliphatic rings. The number of methoxy groups -OCH3 is 1. The van der Waals surface area contributed by atoms with Gasteiger partial charge in [0.25, 0.3) is 5.91 Å². The van der Waals surface area contributed by atoms with Crippen LogP contribution in [0.1, 0.15) is 109 Å². The first-order valence-corrected chi connectivity index (χ1v) is 19.7. The summed E-state index contributed by atoms with van der Waals surface area (Å²) in [5.74, 6) is 4.26. The number of ether oxygens (including phenoxy) is 2. The fourth-order valence-corrected chi connectivity index (χ4v) is 7.70. The van der Waals surface area contributed by atoms with Crippen molar-refractivity contribution < 1.29 is 23.9 Å². The number of nitrogens with one attached hydrogen (secondary N) is 2. The molecule has 1 aliphatic carbocycles. The first-order valence-electron chi connectivity index (χ1n) is 19.7. The molecule has 2 aliphatic heterocycles. The number of hydrogen-bond acceptors (Lipinski definition) is 10. The number of carbonyl (C=O) groups is 3. The lowest BCUT2D eigenvalue weighted by molar-refractivity contribution is -0.120. The molecule has 1 saturated carbocycles. The number of terminal acetylenes is 1. The maximum Gasteiger partial charge on any atom is 0.410 e. The molecule has 1 atom stereocenters. The number of aromatic nitrogens is 2. The van der Waals surface area contributed by atoms with Crippen LogP contribution >= 0.6 is 0 Å². The van der Waals surface area contributed by atoms with Gasteiger partial charge >= 0.3 is 6.09 Å². The number of benzene rings is 1. The van der Waals surface area contributed by atoms with E-state index >= 15 is 0 Å². The molecule has 13 heteroatoms. The highest BCUT2D eigenvalue weighted by atomic mass is 16.6. The minimum absolute atomic E-state index is 0.0751. The van der Waals surface area contributed by atoms with E-state index in [0.29, 0.717) is 54.6 Å². The zero-order chi connectivity index (χ0) is 38.8. The summed E-state index contributed by atoms with van der Waals surface area (Å²) in [6, 6.07) is 5.44. The SMILES string of the molecule is C#CCCCN(CCCCN1CCC(NC(=O)c2ccc(Nc3ncc4c(n3)N(C3CCCC3)[C@H](CC)C(=O)N4C)c(OC)c2)CC1)C(=O)OC(C)(C)C. The van der Waals surface area contributed by atoms with Crippen LogP contribution in [0.3, 0.4) is 0 Å². The third-order valence-corrected chi connectivity index (χ3v) is 10.6. The van der Waals surface area contributed by atoms with Crippen molar-refractivity contribution in [3.63, 3.8) is 0 Å². The quantitative estimate of drug-likeness (QED) is 0.157. The van der Waals surface area contributed by atoms with Crippen molar-refractivity contribution in [2.75, 3.05) is 62.0 Å². The maximum absolute atomic E-state index is 13.4. The Morgan fingerprint density at radius 3 is 2.46 bits per heavy atom. The van der Waals surface area contributed by atoms with E-state index in [2.05, 4.69) is 31.3 Å². The monoisotopic (exact) mass is 744 g/mol. The van der Waals surface area contributed by atoms with Gasteiger partial charge < -0.3 is 39.7 Å². The van der Waals surface area contributed by atoms with Crippen LogP contribution in [0.2, 0.25) is 0 Å². The topological polar surface area (TPSA) is 132 Å². The number of nitrogens with zero attached hydrogens (tertiary/aromatic N) is 6. The first-order chi connectivity index (χ1) is 25.9. The van der Waals surface area contributed by atoms with Crippen LogP contribution in [-0.2, 0) is 9.53 Å². The molecule has 2 fully saturated rings. The van der Waals surface area contributed by atoms with Crippen LogP contribution in [0.25, 0.3) is 0 Å². The van der Waals surface area contributed by atoms with Gasteiger partial charge in [-0.25, -0.2) is 9.78 Å². The largest absolute Gasteiger partial charge is 0.495 e. The van der Waals surface area contributed by atoms with Gasteiger partial charge in [-0.3, -0.25) is 9.59 Å². The van der Waals surface area contributed by atoms with E-state index in [1.54, 1.807) is 42.3 Å². The number of hydrogen-bond donors (Lipinski definition) is 2. The summed E-state index contributed by atoms with van der Waals surface area (Å²) in [6.07, 6.45) is 16.9. The van der Waals surface area contributed by atoms with Gasteiger partial charge in [0.15, 0.2) is 5.82 Å². The minimum atomic E-state index is -0.537. The Bertz CT molecular complexity index is 1640. The molecule has 0 bridgehead atoms. The molecule has 294 valence electrons. The molecule has 5 rings (SSSR count). The predicted molar refractivity (Wildman–Crippen MR) is 213 cm³/mol. The average Bonchev–Trinajstić information content (AvgIpc) is 3.68. The lowest BCUT2D eigenvalue weighted by Crippen LogP contribution is -2.55. The predicted octanol–water partition coefficient (Wildman–Crippen LogP) is 6.36. The van der Waals surface area contributed by atoms with Gasteiger partial charge in [-0.15, -0.1) is 12.3 Å². The van der Waals surface area contributed by atoms with Gasteiger partial charge in [-0.05, 0) is 96.9 Å². The molecule has 1 aromatic heterocycles. The molecule has 3 heterocycles. The van der Waals surface area contributed by atoms with Crippen molar-refractivity contribution in [2.24, 2.45) is 0 Å². The number of carbonyl (C=O) groups excluding carboxylic acids is 3. The smallest absolute Gasteiger partial charge is 0.410 e. The number of amides is 3. The summed E-state index contributed by atoms with van der Waals surface area (Å²) < 4.78 is 11.3. The standard InChI is InChI=1S/C41H60N8O5/c1-8-10-13-23-48(40(52)54-41(3,4)5)24-15-14-22-47-25-20-30(21-26-47)43-37(50)29-18-19-32(35(27-29)53-7)44-39-42-28-34-36(45-39)49(31-16-11-12-17-31)33(9-2)38(51)46(34)6/h1,18-19,27-28,30-31,33H,9-17,20-26H2,2-7H3,(H,43,50)(H,42,44,45)/t33-/m1/s1. The fraction of sp³-hybridized carbons (Fsp3) is 0.634. The molecule has 0 unspecified atom stereocenters. The fourth-order valence-electron chi connectivity index (χ4n) is 7.70. The number of rotatable bonds is 15. The summed E-state index contributed by atoms with van der Waals surface area (Å²) in [6.45, 7) is 11.7. The van der Waals surface area contributed by atoms with Crippen LogP contribution < -0.4 is 25.2 Å². The van der Waals surface area contributed by atoms with Crippen molar-refractivity contribution >= 4 is 41.0 Å². The number of likely N-dealkylation sites (tertiary alicyclic amines) is 1. The highest BCUT2D eigenvalue weighted by Gasteiger charge is 2.41. The van der Waals surface area contributed by atoms with Crippen LogP contribution in [0.15, 0.2) is 24.4 Å². The van der Waals surface area contributed by atoms with E-state index in [-0.39, 0.29) is 36.0 Å². The molecule has 0 radical (unpaired) electrons. The summed E-state index contributed by atoms with van der Waals surface area (Å²) in [5, 5.41) is 6.52. The number of likely N-dealkylation sites (N-methyl/N-ethyl adjacent to an activating group) is 1. The van der Waals surface area contributed by atoms with Crippen molar-refractivity contribution in [1.29, 1.82) is 0 Å². The third kappa shape index (κ3) is 10.3. The van der Waals surface area contributed by atoms with Gasteiger partial charge in [0.05, 0.1) is 19.0 Å². The average molecular weight is 745 g/mol. The lowest BCUT2D eigenvalue weighted by Gasteiger charge is -2.43. The second-order valence-electron chi connectivity index (χ2n) is 15.7. The highest BCUT2D eigenvalue weighted by molar-refractivity contribution is 6.04. The number of anilines is 4. The zero-order valence-electron chi connectivity index (χ0n) is 33.2. The second-order valence-corrected chi connectivity index (χ2v) is 15.7. The molecular weight excluding hydrogens is 685 g/mol. The Morgan fingerprint density at radius 2 is 1.80 bits per heavy atom.